The van der Waals surface area contributed by atoms with Crippen LogP contribution < -0.4 is 16.4 Å². The zero-order chi connectivity index (χ0) is 20.7. The average molecular weight is 404 g/mol. The van der Waals surface area contributed by atoms with E-state index in [1.807, 2.05) is 26.0 Å². The van der Waals surface area contributed by atoms with Gasteiger partial charge in [0.05, 0.1) is 12.5 Å². The highest BCUT2D eigenvalue weighted by molar-refractivity contribution is 6.31. The van der Waals surface area contributed by atoms with Crippen molar-refractivity contribution >= 4 is 35.2 Å². The number of esters is 1. The summed E-state index contributed by atoms with van der Waals surface area (Å²) < 4.78 is 5.02. The van der Waals surface area contributed by atoms with Crippen molar-refractivity contribution in [3.63, 3.8) is 0 Å². The third kappa shape index (κ3) is 6.28. The number of carbonyl (C=O) groups excluding carboxylic acids is 3. The second-order valence-corrected chi connectivity index (χ2v) is 6.70. The van der Waals surface area contributed by atoms with E-state index in [4.69, 9.17) is 22.1 Å². The van der Waals surface area contributed by atoms with Crippen molar-refractivity contribution in [2.45, 2.75) is 26.3 Å². The SMILES string of the molecule is Cc1ccc(NC(=O)COC(=O)C[C@H](NC(N)=O)c2ccccc2Cl)cc1C. The normalized spacial score (nSPS) is 11.4. The molecular formula is C20H22ClN3O4. The van der Waals surface area contributed by atoms with E-state index in [1.54, 1.807) is 30.3 Å². The van der Waals surface area contributed by atoms with Gasteiger partial charge in [-0.15, -0.1) is 0 Å². The van der Waals surface area contributed by atoms with Gasteiger partial charge in [-0.05, 0) is 48.7 Å². The Labute approximate surface area is 168 Å². The molecule has 3 amide bonds. The van der Waals surface area contributed by atoms with Gasteiger partial charge >= 0.3 is 12.0 Å². The Morgan fingerprint density at radius 2 is 1.82 bits per heavy atom. The number of rotatable bonds is 7. The van der Waals surface area contributed by atoms with Crippen LogP contribution in [0.3, 0.4) is 0 Å². The molecule has 8 heteroatoms. The maximum atomic E-state index is 12.1. The molecule has 28 heavy (non-hydrogen) atoms. The van der Waals surface area contributed by atoms with E-state index < -0.39 is 30.6 Å². The number of benzene rings is 2. The molecule has 0 spiro atoms. The zero-order valence-corrected chi connectivity index (χ0v) is 16.4. The van der Waals surface area contributed by atoms with Gasteiger partial charge in [-0.1, -0.05) is 35.9 Å². The number of halogens is 1. The Hall–Kier alpha value is -3.06. The van der Waals surface area contributed by atoms with E-state index in [0.717, 1.165) is 11.1 Å². The van der Waals surface area contributed by atoms with Crippen LogP contribution in [-0.4, -0.2) is 24.5 Å². The van der Waals surface area contributed by atoms with E-state index in [-0.39, 0.29) is 6.42 Å². The third-order valence-electron chi connectivity index (χ3n) is 4.12. The van der Waals surface area contributed by atoms with E-state index in [9.17, 15) is 14.4 Å². The molecule has 2 aromatic rings. The number of amides is 3. The fourth-order valence-corrected chi connectivity index (χ4v) is 2.82. The highest BCUT2D eigenvalue weighted by Crippen LogP contribution is 2.25. The summed E-state index contributed by atoms with van der Waals surface area (Å²) in [6, 6.07) is 10.7. The van der Waals surface area contributed by atoms with Crippen LogP contribution in [0.5, 0.6) is 0 Å². The summed E-state index contributed by atoms with van der Waals surface area (Å²) in [6.07, 6.45) is -0.219. The number of ether oxygens (including phenoxy) is 1. The molecule has 2 rings (SSSR count). The molecule has 1 atom stereocenters. The quantitative estimate of drug-likeness (QED) is 0.616. The van der Waals surface area contributed by atoms with Crippen molar-refractivity contribution in [2.75, 3.05) is 11.9 Å². The van der Waals surface area contributed by atoms with Crippen molar-refractivity contribution in [2.24, 2.45) is 5.73 Å². The summed E-state index contributed by atoms with van der Waals surface area (Å²) in [7, 11) is 0. The fourth-order valence-electron chi connectivity index (χ4n) is 2.56. The molecule has 0 heterocycles. The lowest BCUT2D eigenvalue weighted by Gasteiger charge is -2.18. The number of anilines is 1. The van der Waals surface area contributed by atoms with Crippen LogP contribution >= 0.6 is 11.6 Å². The Morgan fingerprint density at radius 3 is 2.46 bits per heavy atom. The second-order valence-electron chi connectivity index (χ2n) is 6.29. The maximum absolute atomic E-state index is 12.1. The van der Waals surface area contributed by atoms with Crippen LogP contribution in [0.4, 0.5) is 10.5 Å². The topological polar surface area (TPSA) is 111 Å². The molecule has 0 saturated heterocycles. The molecule has 4 N–H and O–H groups in total. The summed E-state index contributed by atoms with van der Waals surface area (Å²) in [4.78, 5) is 35.4. The van der Waals surface area contributed by atoms with Gasteiger partial charge in [0.15, 0.2) is 6.61 Å². The molecule has 0 aromatic heterocycles. The smallest absolute Gasteiger partial charge is 0.312 e. The standard InChI is InChI=1S/C20H22ClN3O4/c1-12-7-8-14(9-13(12)2)23-18(25)11-28-19(26)10-17(24-20(22)27)15-5-3-4-6-16(15)21/h3-9,17H,10-11H2,1-2H3,(H,23,25)(H3,22,24,27)/t17-/m0/s1. The molecule has 148 valence electrons. The minimum absolute atomic E-state index is 0.219. The lowest BCUT2D eigenvalue weighted by molar-refractivity contribution is -0.147. The summed E-state index contributed by atoms with van der Waals surface area (Å²) in [5.41, 5.74) is 8.47. The van der Waals surface area contributed by atoms with Crippen molar-refractivity contribution < 1.29 is 19.1 Å². The molecule has 0 saturated carbocycles. The summed E-state index contributed by atoms with van der Waals surface area (Å²) >= 11 is 6.12. The maximum Gasteiger partial charge on any atom is 0.312 e. The number of aryl methyl sites for hydroxylation is 2. The van der Waals surface area contributed by atoms with Crippen molar-refractivity contribution in [3.8, 4) is 0 Å². The Balaban J connectivity index is 1.93. The van der Waals surface area contributed by atoms with Crippen LogP contribution in [0.25, 0.3) is 0 Å². The van der Waals surface area contributed by atoms with Crippen LogP contribution in [0, 0.1) is 13.8 Å². The van der Waals surface area contributed by atoms with Crippen LogP contribution in [0.1, 0.15) is 29.2 Å². The first-order chi connectivity index (χ1) is 13.3. The fraction of sp³-hybridized carbons (Fsp3) is 0.250. The molecule has 0 aliphatic rings. The first-order valence-electron chi connectivity index (χ1n) is 8.59. The molecule has 0 aliphatic heterocycles. The first kappa shape index (κ1) is 21.2. The number of hydrogen-bond donors (Lipinski definition) is 3. The molecule has 0 bridgehead atoms. The van der Waals surface area contributed by atoms with Gasteiger partial charge in [0.2, 0.25) is 0 Å². The largest absolute Gasteiger partial charge is 0.455 e. The molecule has 0 unspecified atom stereocenters. The lowest BCUT2D eigenvalue weighted by atomic mass is 10.0. The van der Waals surface area contributed by atoms with E-state index in [2.05, 4.69) is 10.6 Å². The lowest BCUT2D eigenvalue weighted by Crippen LogP contribution is -2.35. The molecule has 0 fully saturated rings. The van der Waals surface area contributed by atoms with Gasteiger partial charge in [-0.2, -0.15) is 0 Å². The van der Waals surface area contributed by atoms with Gasteiger partial charge in [-0.25, -0.2) is 4.79 Å². The number of urea groups is 1. The highest BCUT2D eigenvalue weighted by Gasteiger charge is 2.21. The van der Waals surface area contributed by atoms with Crippen molar-refractivity contribution in [1.82, 2.24) is 5.32 Å². The minimum Gasteiger partial charge on any atom is -0.455 e. The molecule has 0 aliphatic carbocycles. The number of hydrogen-bond acceptors (Lipinski definition) is 4. The van der Waals surface area contributed by atoms with Gasteiger partial charge in [0.1, 0.15) is 0 Å². The number of nitrogens with two attached hydrogens (primary N) is 1. The van der Waals surface area contributed by atoms with Crippen LogP contribution in [0.15, 0.2) is 42.5 Å². The van der Waals surface area contributed by atoms with Gasteiger partial charge in [0, 0.05) is 10.7 Å². The van der Waals surface area contributed by atoms with Crippen LogP contribution in [0.2, 0.25) is 5.02 Å². The Kier molecular flexibility index (Phi) is 7.40. The first-order valence-corrected chi connectivity index (χ1v) is 8.97. The van der Waals surface area contributed by atoms with Gasteiger partial charge in [-0.3, -0.25) is 9.59 Å². The number of nitrogens with one attached hydrogen (secondary N) is 2. The molecular weight excluding hydrogens is 382 g/mol. The highest BCUT2D eigenvalue weighted by atomic mass is 35.5. The van der Waals surface area contributed by atoms with Crippen molar-refractivity contribution in [3.05, 3.63) is 64.2 Å². The number of primary amides is 1. The second kappa shape index (κ2) is 9.75. The number of carbonyl (C=O) groups is 3. The summed E-state index contributed by atoms with van der Waals surface area (Å²) in [5, 5.41) is 5.50. The van der Waals surface area contributed by atoms with Gasteiger partial charge < -0.3 is 21.1 Å². The summed E-state index contributed by atoms with van der Waals surface area (Å²) in [5.74, 6) is -1.14. The Morgan fingerprint density at radius 1 is 1.11 bits per heavy atom. The average Bonchev–Trinajstić information content (AvgIpc) is 2.62. The van der Waals surface area contributed by atoms with E-state index >= 15 is 0 Å². The molecule has 2 aromatic carbocycles. The molecule has 0 radical (unpaired) electrons. The van der Waals surface area contributed by atoms with Gasteiger partial charge in [0.25, 0.3) is 5.91 Å². The summed E-state index contributed by atoms with van der Waals surface area (Å²) in [6.45, 7) is 3.46. The predicted molar refractivity (Wildman–Crippen MR) is 107 cm³/mol. The Bertz CT molecular complexity index is 886. The van der Waals surface area contributed by atoms with Crippen molar-refractivity contribution in [1.29, 1.82) is 0 Å². The van der Waals surface area contributed by atoms with E-state index in [0.29, 0.717) is 16.3 Å². The minimum atomic E-state index is -0.801. The third-order valence-corrected chi connectivity index (χ3v) is 4.47. The van der Waals surface area contributed by atoms with E-state index in [1.165, 1.54) is 0 Å². The van der Waals surface area contributed by atoms with Crippen LogP contribution in [-0.2, 0) is 14.3 Å². The monoisotopic (exact) mass is 403 g/mol. The predicted octanol–water partition coefficient (Wildman–Crippen LogP) is 3.24. The zero-order valence-electron chi connectivity index (χ0n) is 15.6. The molecule has 7 nitrogen and oxygen atoms in total.